The van der Waals surface area contributed by atoms with Gasteiger partial charge in [-0.25, -0.2) is 4.98 Å². The number of aromatic nitrogens is 1. The predicted molar refractivity (Wildman–Crippen MR) is 123 cm³/mol. The number of benzene rings is 1. The molecule has 0 bridgehead atoms. The molecule has 0 unspecified atom stereocenters. The van der Waals surface area contributed by atoms with Gasteiger partial charge in [-0.05, 0) is 56.5 Å². The van der Waals surface area contributed by atoms with Crippen LogP contribution in [0.3, 0.4) is 0 Å². The van der Waals surface area contributed by atoms with E-state index in [0.29, 0.717) is 19.4 Å². The maximum Gasteiger partial charge on any atom is 0.419 e. The number of rotatable bonds is 5. The van der Waals surface area contributed by atoms with Crippen LogP contribution >= 0.6 is 0 Å². The lowest BCUT2D eigenvalue weighted by molar-refractivity contribution is -0.137. The van der Waals surface area contributed by atoms with Crippen LogP contribution in [0, 0.1) is 5.92 Å². The number of carbonyl (C=O) groups excluding carboxylic acids is 1. The summed E-state index contributed by atoms with van der Waals surface area (Å²) in [5.41, 5.74) is 0.119. The Kier molecular flexibility index (Phi) is 7.22. The minimum atomic E-state index is -4.48. The Morgan fingerprint density at radius 3 is 2.45 bits per heavy atom. The first-order valence-corrected chi connectivity index (χ1v) is 11.8. The summed E-state index contributed by atoms with van der Waals surface area (Å²) in [5, 5.41) is 0. The first kappa shape index (κ1) is 23.5. The number of amides is 1. The molecular formula is C25H31F3N4O. The fourth-order valence-electron chi connectivity index (χ4n) is 5.04. The monoisotopic (exact) mass is 460 g/mol. The van der Waals surface area contributed by atoms with Crippen molar-refractivity contribution in [2.45, 2.75) is 44.8 Å². The molecule has 0 aliphatic carbocycles. The third-order valence-electron chi connectivity index (χ3n) is 6.80. The van der Waals surface area contributed by atoms with Crippen LogP contribution in [0.25, 0.3) is 0 Å². The molecule has 2 fully saturated rings. The van der Waals surface area contributed by atoms with Gasteiger partial charge in [0.05, 0.1) is 11.5 Å². The van der Waals surface area contributed by atoms with Gasteiger partial charge in [-0.1, -0.05) is 25.1 Å². The van der Waals surface area contributed by atoms with Crippen molar-refractivity contribution in [2.24, 2.45) is 5.92 Å². The van der Waals surface area contributed by atoms with E-state index < -0.39 is 11.7 Å². The third-order valence-corrected chi connectivity index (χ3v) is 6.80. The summed E-state index contributed by atoms with van der Waals surface area (Å²) in [6, 6.07) is 12.1. The number of nitrogens with zero attached hydrogens (tertiary/aromatic N) is 4. The molecule has 2 aromatic rings. The molecule has 8 heteroatoms. The number of carbonyl (C=O) groups is 1. The van der Waals surface area contributed by atoms with E-state index in [9.17, 15) is 18.0 Å². The van der Waals surface area contributed by atoms with E-state index in [-0.39, 0.29) is 30.2 Å². The SMILES string of the molecule is CCN1CCC(N(C(=O)[C@H]2CCCN(c3ncccc3C(F)(F)F)C2)c2ccccc2)CC1. The van der Waals surface area contributed by atoms with Crippen LogP contribution < -0.4 is 9.80 Å². The average molecular weight is 461 g/mol. The molecule has 1 aromatic heterocycles. The van der Waals surface area contributed by atoms with Gasteiger partial charge in [0.1, 0.15) is 5.82 Å². The lowest BCUT2D eigenvalue weighted by Gasteiger charge is -2.41. The number of anilines is 2. The highest BCUT2D eigenvalue weighted by Crippen LogP contribution is 2.37. The molecule has 1 amide bonds. The molecule has 2 aliphatic heterocycles. The molecule has 5 nitrogen and oxygen atoms in total. The van der Waals surface area contributed by atoms with Gasteiger partial charge in [0, 0.05) is 44.1 Å². The first-order valence-electron chi connectivity index (χ1n) is 11.8. The zero-order chi connectivity index (χ0) is 23.4. The quantitative estimate of drug-likeness (QED) is 0.641. The molecule has 178 valence electrons. The first-order chi connectivity index (χ1) is 15.9. The highest BCUT2D eigenvalue weighted by atomic mass is 19.4. The maximum atomic E-state index is 13.9. The Morgan fingerprint density at radius 2 is 1.79 bits per heavy atom. The standard InChI is InChI=1S/C25H31F3N4O/c1-2-30-16-12-21(13-17-30)32(20-9-4-3-5-10-20)24(33)19-8-7-15-31(18-19)23-22(25(26,27)28)11-6-14-29-23/h3-6,9-11,14,19,21H,2,7-8,12-13,15-18H2,1H3/t19-/m0/s1. The Hall–Kier alpha value is -2.61. The smallest absolute Gasteiger partial charge is 0.355 e. The van der Waals surface area contributed by atoms with Gasteiger partial charge in [0.15, 0.2) is 0 Å². The highest BCUT2D eigenvalue weighted by molar-refractivity contribution is 5.96. The second-order valence-corrected chi connectivity index (χ2v) is 8.87. The van der Waals surface area contributed by atoms with E-state index in [0.717, 1.165) is 44.2 Å². The van der Waals surface area contributed by atoms with Crippen LogP contribution in [0.2, 0.25) is 0 Å². The van der Waals surface area contributed by atoms with Crippen molar-refractivity contribution >= 4 is 17.4 Å². The number of alkyl halides is 3. The van der Waals surface area contributed by atoms with Crippen LogP contribution in [0.1, 0.15) is 38.2 Å². The Morgan fingerprint density at radius 1 is 1.06 bits per heavy atom. The van der Waals surface area contributed by atoms with Gasteiger partial charge < -0.3 is 14.7 Å². The largest absolute Gasteiger partial charge is 0.419 e. The summed E-state index contributed by atoms with van der Waals surface area (Å²) in [7, 11) is 0. The number of para-hydroxylation sites is 1. The molecule has 4 rings (SSSR count). The van der Waals surface area contributed by atoms with Gasteiger partial charge in [-0.2, -0.15) is 13.2 Å². The molecule has 0 radical (unpaired) electrons. The minimum absolute atomic E-state index is 0.00494. The summed E-state index contributed by atoms with van der Waals surface area (Å²) in [6.07, 6.45) is 0.00620. The molecule has 1 atom stereocenters. The zero-order valence-electron chi connectivity index (χ0n) is 19.0. The fraction of sp³-hybridized carbons (Fsp3) is 0.520. The lowest BCUT2D eigenvalue weighted by Crippen LogP contribution is -2.52. The van der Waals surface area contributed by atoms with Crippen molar-refractivity contribution in [3.8, 4) is 0 Å². The molecule has 0 N–H and O–H groups in total. The Labute approximate surface area is 193 Å². The molecule has 3 heterocycles. The maximum absolute atomic E-state index is 13.9. The molecule has 1 aromatic carbocycles. The van der Waals surface area contributed by atoms with Crippen LogP contribution in [0.4, 0.5) is 24.7 Å². The number of pyridine rings is 1. The van der Waals surface area contributed by atoms with Crippen LogP contribution in [0.15, 0.2) is 48.7 Å². The van der Waals surface area contributed by atoms with E-state index >= 15 is 0 Å². The van der Waals surface area contributed by atoms with Crippen molar-refractivity contribution < 1.29 is 18.0 Å². The molecule has 2 saturated heterocycles. The molecule has 0 spiro atoms. The zero-order valence-corrected chi connectivity index (χ0v) is 19.0. The summed E-state index contributed by atoms with van der Waals surface area (Å²) in [4.78, 5) is 23.8. The second kappa shape index (κ2) is 10.1. The topological polar surface area (TPSA) is 39.7 Å². The van der Waals surface area contributed by atoms with Gasteiger partial charge in [0.2, 0.25) is 5.91 Å². The fourth-order valence-corrected chi connectivity index (χ4v) is 5.04. The number of halogens is 3. The highest BCUT2D eigenvalue weighted by Gasteiger charge is 2.39. The summed E-state index contributed by atoms with van der Waals surface area (Å²) in [5.74, 6) is -0.443. The number of piperidine rings is 2. The van der Waals surface area contributed by atoms with Crippen LogP contribution in [-0.4, -0.2) is 54.6 Å². The number of likely N-dealkylation sites (tertiary alicyclic amines) is 1. The molecule has 2 aliphatic rings. The van der Waals surface area contributed by atoms with Gasteiger partial charge in [-0.15, -0.1) is 0 Å². The van der Waals surface area contributed by atoms with E-state index in [1.54, 1.807) is 4.90 Å². The van der Waals surface area contributed by atoms with Gasteiger partial charge in [0.25, 0.3) is 0 Å². The van der Waals surface area contributed by atoms with Crippen molar-refractivity contribution in [3.05, 3.63) is 54.2 Å². The Bertz CT molecular complexity index is 929. The minimum Gasteiger partial charge on any atom is -0.355 e. The number of hydrogen-bond donors (Lipinski definition) is 0. The summed E-state index contributed by atoms with van der Waals surface area (Å²) >= 11 is 0. The molecule has 0 saturated carbocycles. The van der Waals surface area contributed by atoms with Gasteiger partial charge >= 0.3 is 6.18 Å². The van der Waals surface area contributed by atoms with E-state index in [4.69, 9.17) is 0 Å². The average Bonchev–Trinajstić information content (AvgIpc) is 2.85. The van der Waals surface area contributed by atoms with Crippen molar-refractivity contribution in [1.82, 2.24) is 9.88 Å². The van der Waals surface area contributed by atoms with Crippen molar-refractivity contribution in [3.63, 3.8) is 0 Å². The lowest BCUT2D eigenvalue weighted by atomic mass is 9.93. The van der Waals surface area contributed by atoms with E-state index in [1.807, 2.05) is 35.2 Å². The molecular weight excluding hydrogens is 429 g/mol. The third kappa shape index (κ3) is 5.32. The van der Waals surface area contributed by atoms with Gasteiger partial charge in [-0.3, -0.25) is 4.79 Å². The molecule has 33 heavy (non-hydrogen) atoms. The van der Waals surface area contributed by atoms with Crippen molar-refractivity contribution in [2.75, 3.05) is 42.5 Å². The van der Waals surface area contributed by atoms with E-state index in [2.05, 4.69) is 16.8 Å². The van der Waals surface area contributed by atoms with Crippen LogP contribution in [0.5, 0.6) is 0 Å². The normalized spacial score (nSPS) is 20.6. The predicted octanol–water partition coefficient (Wildman–Crippen LogP) is 4.83. The Balaban J connectivity index is 1.57. The van der Waals surface area contributed by atoms with Crippen molar-refractivity contribution in [1.29, 1.82) is 0 Å². The number of hydrogen-bond acceptors (Lipinski definition) is 4. The van der Waals surface area contributed by atoms with E-state index in [1.165, 1.54) is 12.3 Å². The summed E-state index contributed by atoms with van der Waals surface area (Å²) < 4.78 is 40.7. The van der Waals surface area contributed by atoms with Crippen LogP contribution in [-0.2, 0) is 11.0 Å². The second-order valence-electron chi connectivity index (χ2n) is 8.87. The summed E-state index contributed by atoms with van der Waals surface area (Å²) in [6.45, 7) is 5.73.